The van der Waals surface area contributed by atoms with Gasteiger partial charge < -0.3 is 16.0 Å². The Balaban J connectivity index is 2.12. The van der Waals surface area contributed by atoms with Crippen molar-refractivity contribution in [3.63, 3.8) is 0 Å². The van der Waals surface area contributed by atoms with E-state index in [0.717, 1.165) is 19.5 Å². The topological polar surface area (TPSA) is 53.6 Å². The summed E-state index contributed by atoms with van der Waals surface area (Å²) in [4.78, 5) is 6.18. The molecule has 0 radical (unpaired) electrons. The molecule has 0 fully saturated rings. The lowest BCUT2D eigenvalue weighted by Gasteiger charge is -2.29. The number of fused-ring (bicyclic) bond motifs is 1. The van der Waals surface area contributed by atoms with Crippen molar-refractivity contribution in [1.29, 1.82) is 0 Å². The Hall–Kier alpha value is -1.62. The van der Waals surface area contributed by atoms with E-state index in [1.165, 1.54) is 11.1 Å². The van der Waals surface area contributed by atoms with Crippen molar-refractivity contribution in [2.75, 3.05) is 13.6 Å². The quantitative estimate of drug-likeness (QED) is 0.406. The van der Waals surface area contributed by atoms with Crippen LogP contribution >= 0.6 is 12.2 Å². The molecule has 90 valence electrons. The summed E-state index contributed by atoms with van der Waals surface area (Å²) >= 11 is 4.97. The van der Waals surface area contributed by atoms with Crippen LogP contribution in [0.2, 0.25) is 0 Å². The lowest BCUT2D eigenvalue weighted by Crippen LogP contribution is -2.41. The molecule has 17 heavy (non-hydrogen) atoms. The molecule has 5 heteroatoms. The average molecular weight is 248 g/mol. The van der Waals surface area contributed by atoms with Crippen molar-refractivity contribution in [3.05, 3.63) is 35.4 Å². The Bertz CT molecular complexity index is 456. The van der Waals surface area contributed by atoms with Crippen LogP contribution in [0, 0.1) is 0 Å². The van der Waals surface area contributed by atoms with Gasteiger partial charge in [0, 0.05) is 20.1 Å². The number of nitrogens with one attached hydrogen (secondary N) is 1. The molecule has 1 aliphatic rings. The summed E-state index contributed by atoms with van der Waals surface area (Å²) < 4.78 is 0. The number of nitrogens with two attached hydrogens (primary N) is 1. The van der Waals surface area contributed by atoms with Crippen LogP contribution in [-0.2, 0) is 13.0 Å². The Labute approximate surface area is 107 Å². The molecule has 0 saturated carbocycles. The first-order valence-corrected chi connectivity index (χ1v) is 5.99. The Kier molecular flexibility index (Phi) is 3.58. The third-order valence-electron chi connectivity index (χ3n) is 2.88. The Morgan fingerprint density at radius 3 is 2.82 bits per heavy atom. The SMILES string of the molecule is CNC(=S)/N=C(\N)N1CCc2ccccc2C1. The smallest absolute Gasteiger partial charge is 0.199 e. The summed E-state index contributed by atoms with van der Waals surface area (Å²) in [6.45, 7) is 1.69. The highest BCUT2D eigenvalue weighted by Crippen LogP contribution is 2.17. The molecule has 0 amide bonds. The molecule has 3 N–H and O–H groups in total. The van der Waals surface area contributed by atoms with Gasteiger partial charge >= 0.3 is 0 Å². The van der Waals surface area contributed by atoms with E-state index in [1.54, 1.807) is 7.05 Å². The maximum atomic E-state index is 5.93. The first-order valence-electron chi connectivity index (χ1n) is 5.58. The van der Waals surface area contributed by atoms with E-state index in [-0.39, 0.29) is 0 Å². The van der Waals surface area contributed by atoms with Gasteiger partial charge in [-0.05, 0) is 29.8 Å². The zero-order valence-electron chi connectivity index (χ0n) is 9.81. The number of benzene rings is 1. The fraction of sp³-hybridized carbons (Fsp3) is 0.333. The molecule has 0 spiro atoms. The van der Waals surface area contributed by atoms with E-state index in [9.17, 15) is 0 Å². The van der Waals surface area contributed by atoms with E-state index in [4.69, 9.17) is 18.0 Å². The van der Waals surface area contributed by atoms with E-state index in [0.29, 0.717) is 11.1 Å². The standard InChI is InChI=1S/C12H16N4S/c1-14-12(17)15-11(13)16-7-6-9-4-2-3-5-10(9)8-16/h2-5H,6-8H2,1H3,(H3,13,14,15,17). The highest BCUT2D eigenvalue weighted by molar-refractivity contribution is 7.80. The summed E-state index contributed by atoms with van der Waals surface area (Å²) in [5.41, 5.74) is 8.64. The van der Waals surface area contributed by atoms with Crippen LogP contribution in [0.1, 0.15) is 11.1 Å². The molecule has 1 heterocycles. The second-order valence-corrected chi connectivity index (χ2v) is 4.35. The molecule has 1 aliphatic heterocycles. The molecule has 0 unspecified atom stereocenters. The highest BCUT2D eigenvalue weighted by atomic mass is 32.1. The minimum atomic E-state index is 0.418. The van der Waals surface area contributed by atoms with Gasteiger partial charge in [-0.2, -0.15) is 4.99 Å². The normalized spacial score (nSPS) is 15.4. The first-order chi connectivity index (χ1) is 8.20. The summed E-state index contributed by atoms with van der Waals surface area (Å²) in [5.74, 6) is 0.485. The summed E-state index contributed by atoms with van der Waals surface area (Å²) in [6, 6.07) is 8.42. The number of nitrogens with zero attached hydrogens (tertiary/aromatic N) is 2. The summed E-state index contributed by atoms with van der Waals surface area (Å²) in [7, 11) is 1.74. The van der Waals surface area contributed by atoms with Crippen LogP contribution in [0.4, 0.5) is 0 Å². The molecule has 2 rings (SSSR count). The van der Waals surface area contributed by atoms with Gasteiger partial charge in [0.25, 0.3) is 0 Å². The van der Waals surface area contributed by atoms with Crippen LogP contribution < -0.4 is 11.1 Å². The Morgan fingerprint density at radius 1 is 1.41 bits per heavy atom. The fourth-order valence-electron chi connectivity index (χ4n) is 1.92. The van der Waals surface area contributed by atoms with Gasteiger partial charge in [0.05, 0.1) is 0 Å². The maximum absolute atomic E-state index is 5.93. The van der Waals surface area contributed by atoms with Crippen LogP contribution in [0.15, 0.2) is 29.3 Å². The monoisotopic (exact) mass is 248 g/mol. The lowest BCUT2D eigenvalue weighted by molar-refractivity contribution is 0.390. The predicted molar refractivity (Wildman–Crippen MR) is 73.8 cm³/mol. The second kappa shape index (κ2) is 5.14. The van der Waals surface area contributed by atoms with Crippen LogP contribution in [0.25, 0.3) is 0 Å². The van der Waals surface area contributed by atoms with Crippen LogP contribution in [0.3, 0.4) is 0 Å². The van der Waals surface area contributed by atoms with Crippen molar-refractivity contribution in [3.8, 4) is 0 Å². The minimum absolute atomic E-state index is 0.418. The molecule has 1 aromatic rings. The van der Waals surface area contributed by atoms with E-state index in [2.05, 4.69) is 28.5 Å². The molecule has 0 saturated heterocycles. The van der Waals surface area contributed by atoms with Crippen molar-refractivity contribution < 1.29 is 0 Å². The van der Waals surface area contributed by atoms with Gasteiger partial charge in [0.1, 0.15) is 0 Å². The zero-order valence-corrected chi connectivity index (χ0v) is 10.6. The zero-order chi connectivity index (χ0) is 12.3. The first kappa shape index (κ1) is 11.9. The second-order valence-electron chi connectivity index (χ2n) is 3.97. The van der Waals surface area contributed by atoms with Crippen LogP contribution in [-0.4, -0.2) is 29.6 Å². The van der Waals surface area contributed by atoms with Gasteiger partial charge in [-0.25, -0.2) is 0 Å². The number of aliphatic imine (C=N–C) groups is 1. The molecule has 1 aromatic carbocycles. The van der Waals surface area contributed by atoms with Gasteiger partial charge in [0.15, 0.2) is 11.1 Å². The Morgan fingerprint density at radius 2 is 2.12 bits per heavy atom. The molecule has 4 nitrogen and oxygen atoms in total. The van der Waals surface area contributed by atoms with Crippen molar-refractivity contribution in [1.82, 2.24) is 10.2 Å². The minimum Gasteiger partial charge on any atom is -0.369 e. The summed E-state index contributed by atoms with van der Waals surface area (Å²) in [6.07, 6.45) is 0.999. The molecule has 0 aromatic heterocycles. The van der Waals surface area contributed by atoms with E-state index >= 15 is 0 Å². The van der Waals surface area contributed by atoms with E-state index in [1.807, 2.05) is 11.0 Å². The van der Waals surface area contributed by atoms with Gasteiger partial charge in [-0.1, -0.05) is 24.3 Å². The lowest BCUT2D eigenvalue weighted by atomic mass is 10.0. The third kappa shape index (κ3) is 2.74. The summed E-state index contributed by atoms with van der Waals surface area (Å²) in [5, 5.41) is 3.21. The van der Waals surface area contributed by atoms with Gasteiger partial charge in [-0.3, -0.25) is 0 Å². The van der Waals surface area contributed by atoms with Crippen molar-refractivity contribution >= 4 is 23.3 Å². The third-order valence-corrected chi connectivity index (χ3v) is 3.18. The van der Waals surface area contributed by atoms with E-state index < -0.39 is 0 Å². The highest BCUT2D eigenvalue weighted by Gasteiger charge is 2.17. The number of guanidine groups is 1. The molecule has 0 bridgehead atoms. The largest absolute Gasteiger partial charge is 0.369 e. The maximum Gasteiger partial charge on any atom is 0.199 e. The molecular weight excluding hydrogens is 232 g/mol. The van der Waals surface area contributed by atoms with Crippen LogP contribution in [0.5, 0.6) is 0 Å². The molecule has 0 aliphatic carbocycles. The van der Waals surface area contributed by atoms with Gasteiger partial charge in [0.2, 0.25) is 0 Å². The fourth-order valence-corrected chi connectivity index (χ4v) is 2.02. The van der Waals surface area contributed by atoms with Crippen molar-refractivity contribution in [2.24, 2.45) is 10.7 Å². The number of rotatable bonds is 0. The molecule has 0 atom stereocenters. The predicted octanol–water partition coefficient (Wildman–Crippen LogP) is 0.864. The number of hydrogen-bond donors (Lipinski definition) is 2. The van der Waals surface area contributed by atoms with Crippen molar-refractivity contribution in [2.45, 2.75) is 13.0 Å². The average Bonchev–Trinajstić information content (AvgIpc) is 2.38. The number of hydrogen-bond acceptors (Lipinski definition) is 1. The van der Waals surface area contributed by atoms with Gasteiger partial charge in [-0.15, -0.1) is 0 Å². The molecular formula is C12H16N4S. The number of thiocarbonyl (C=S) groups is 1.